The number of rotatable bonds is 9. The van der Waals surface area contributed by atoms with Crippen LogP contribution in [-0.4, -0.2) is 46.3 Å². The summed E-state index contributed by atoms with van der Waals surface area (Å²) in [7, 11) is 0. The predicted molar refractivity (Wildman–Crippen MR) is 154 cm³/mol. The van der Waals surface area contributed by atoms with Gasteiger partial charge in [-0.3, -0.25) is 4.98 Å². The molecule has 1 atom stereocenters. The van der Waals surface area contributed by atoms with Gasteiger partial charge in [-0.2, -0.15) is 0 Å². The molecule has 1 saturated heterocycles. The quantitative estimate of drug-likeness (QED) is 0.300. The molecule has 3 aromatic rings. The Morgan fingerprint density at radius 2 is 1.76 bits per heavy atom. The average Bonchev–Trinajstić information content (AvgIpc) is 2.88. The number of carboxylic acid groups (broad SMARTS) is 1. The fourth-order valence-corrected chi connectivity index (χ4v) is 4.99. The number of ether oxygens (including phenoxy) is 2. The molecule has 2 aromatic heterocycles. The summed E-state index contributed by atoms with van der Waals surface area (Å²) in [5.74, 6) is -1.80. The van der Waals surface area contributed by atoms with Crippen molar-refractivity contribution < 1.29 is 28.2 Å². The van der Waals surface area contributed by atoms with Gasteiger partial charge in [-0.25, -0.2) is 18.6 Å². The lowest BCUT2D eigenvalue weighted by Crippen LogP contribution is -2.39. The molecule has 0 bridgehead atoms. The van der Waals surface area contributed by atoms with Gasteiger partial charge < -0.3 is 19.5 Å². The number of carboxylic acids is 1. The highest BCUT2D eigenvalue weighted by Gasteiger charge is 2.36. The minimum Gasteiger partial charge on any atom is -0.492 e. The summed E-state index contributed by atoms with van der Waals surface area (Å²) >= 11 is 0. The Morgan fingerprint density at radius 3 is 2.34 bits per heavy atom. The molecule has 0 unspecified atom stereocenters. The number of hydrogen-bond acceptors (Lipinski definition) is 6. The molecule has 3 heterocycles. The molecule has 1 aliphatic heterocycles. The molecule has 9 heteroatoms. The van der Waals surface area contributed by atoms with Crippen LogP contribution >= 0.6 is 0 Å². The van der Waals surface area contributed by atoms with Crippen molar-refractivity contribution in [3.63, 3.8) is 0 Å². The van der Waals surface area contributed by atoms with Crippen molar-refractivity contribution in [2.75, 3.05) is 24.6 Å². The number of nitrogens with zero attached hydrogens (tertiary/aromatic N) is 3. The summed E-state index contributed by atoms with van der Waals surface area (Å²) in [4.78, 5) is 23.6. The van der Waals surface area contributed by atoms with Crippen LogP contribution in [0.1, 0.15) is 70.4 Å². The van der Waals surface area contributed by atoms with Crippen molar-refractivity contribution in [3.05, 3.63) is 71.2 Å². The number of pyridine rings is 2. The average molecular weight is 568 g/mol. The molecule has 4 rings (SSSR count). The largest absolute Gasteiger partial charge is 0.492 e. The van der Waals surface area contributed by atoms with Crippen molar-refractivity contribution >= 4 is 11.7 Å². The first-order valence-corrected chi connectivity index (χ1v) is 13.9. The molecule has 1 aliphatic rings. The monoisotopic (exact) mass is 567 g/mol. The SMILES string of the molecule is Cc1ncc(-c2ncc(OCCc3ccc(F)cc3)cc2F)c(N2CCC(C)(C)CC2)c1[C@H](OC(C)(C)C)C(=O)O. The molecule has 1 N–H and O–H groups in total. The first-order valence-electron chi connectivity index (χ1n) is 13.9. The van der Waals surface area contributed by atoms with Gasteiger partial charge in [0.2, 0.25) is 0 Å². The van der Waals surface area contributed by atoms with Crippen LogP contribution in [-0.2, 0) is 16.0 Å². The lowest BCUT2D eigenvalue weighted by atomic mass is 9.82. The van der Waals surface area contributed by atoms with E-state index in [2.05, 4.69) is 28.7 Å². The van der Waals surface area contributed by atoms with Gasteiger partial charge in [0.25, 0.3) is 0 Å². The van der Waals surface area contributed by atoms with Gasteiger partial charge in [0.15, 0.2) is 11.9 Å². The van der Waals surface area contributed by atoms with Gasteiger partial charge in [0.1, 0.15) is 17.3 Å². The molecule has 220 valence electrons. The molecular weight excluding hydrogens is 528 g/mol. The molecule has 7 nitrogen and oxygen atoms in total. The number of hydrogen-bond donors (Lipinski definition) is 1. The zero-order chi connectivity index (χ0) is 29.9. The van der Waals surface area contributed by atoms with E-state index in [1.807, 2.05) is 0 Å². The fourth-order valence-electron chi connectivity index (χ4n) is 4.99. The van der Waals surface area contributed by atoms with E-state index < -0.39 is 23.5 Å². The van der Waals surface area contributed by atoms with Gasteiger partial charge >= 0.3 is 5.97 Å². The summed E-state index contributed by atoms with van der Waals surface area (Å²) in [5, 5.41) is 10.3. The number of carbonyl (C=O) groups is 1. The van der Waals surface area contributed by atoms with E-state index in [0.717, 1.165) is 18.4 Å². The first-order chi connectivity index (χ1) is 19.2. The Hall–Kier alpha value is -3.59. The third-order valence-corrected chi connectivity index (χ3v) is 7.32. The number of anilines is 1. The summed E-state index contributed by atoms with van der Waals surface area (Å²) in [6, 6.07) is 7.41. The van der Waals surface area contributed by atoms with Gasteiger partial charge in [-0.1, -0.05) is 26.0 Å². The van der Waals surface area contributed by atoms with Crippen LogP contribution in [0.2, 0.25) is 0 Å². The minimum absolute atomic E-state index is 0.0596. The molecule has 0 saturated carbocycles. The molecule has 0 aliphatic carbocycles. The summed E-state index contributed by atoms with van der Waals surface area (Å²) < 4.78 is 40.6. The Bertz CT molecular complexity index is 1380. The van der Waals surface area contributed by atoms with Crippen molar-refractivity contribution in [2.24, 2.45) is 5.41 Å². The highest BCUT2D eigenvalue weighted by atomic mass is 19.1. The predicted octanol–water partition coefficient (Wildman–Crippen LogP) is 6.92. The van der Waals surface area contributed by atoms with Crippen LogP contribution in [0.15, 0.2) is 42.7 Å². The van der Waals surface area contributed by atoms with E-state index in [9.17, 15) is 14.3 Å². The smallest absolute Gasteiger partial charge is 0.337 e. The molecule has 0 amide bonds. The third-order valence-electron chi connectivity index (χ3n) is 7.32. The minimum atomic E-state index is -1.30. The Balaban J connectivity index is 1.71. The molecule has 0 radical (unpaired) electrons. The second-order valence-corrected chi connectivity index (χ2v) is 12.3. The normalized spacial score (nSPS) is 16.0. The van der Waals surface area contributed by atoms with Crippen LogP contribution in [0.3, 0.4) is 0 Å². The third kappa shape index (κ3) is 7.58. The maximum absolute atomic E-state index is 15.7. The van der Waals surface area contributed by atoms with E-state index in [0.29, 0.717) is 42.0 Å². The van der Waals surface area contributed by atoms with E-state index in [1.165, 1.54) is 24.4 Å². The highest BCUT2D eigenvalue weighted by molar-refractivity contribution is 5.85. The molecule has 1 fully saturated rings. The zero-order valence-corrected chi connectivity index (χ0v) is 24.6. The summed E-state index contributed by atoms with van der Waals surface area (Å²) in [6.07, 6.45) is 4.01. The molecular formula is C32H39F2N3O4. The number of piperidine rings is 1. The lowest BCUT2D eigenvalue weighted by Gasteiger charge is -2.40. The number of aromatic nitrogens is 2. The van der Waals surface area contributed by atoms with Crippen molar-refractivity contribution in [3.8, 4) is 17.0 Å². The van der Waals surface area contributed by atoms with Crippen LogP contribution in [0, 0.1) is 24.0 Å². The topological polar surface area (TPSA) is 84.8 Å². The Kier molecular flexibility index (Phi) is 8.97. The number of aryl methyl sites for hydroxylation is 1. The maximum atomic E-state index is 15.7. The summed E-state index contributed by atoms with van der Waals surface area (Å²) in [5.41, 5.74) is 2.26. The van der Waals surface area contributed by atoms with E-state index in [-0.39, 0.29) is 29.3 Å². The first kappa shape index (κ1) is 30.4. The number of halogens is 2. The Labute approximate surface area is 240 Å². The zero-order valence-electron chi connectivity index (χ0n) is 24.6. The highest BCUT2D eigenvalue weighted by Crippen LogP contribution is 2.43. The fraction of sp³-hybridized carbons (Fsp3) is 0.469. The van der Waals surface area contributed by atoms with Crippen LogP contribution < -0.4 is 9.64 Å². The summed E-state index contributed by atoms with van der Waals surface area (Å²) in [6.45, 7) is 13.2. The van der Waals surface area contributed by atoms with Gasteiger partial charge in [0, 0.05) is 48.6 Å². The Morgan fingerprint density at radius 1 is 1.10 bits per heavy atom. The van der Waals surface area contributed by atoms with Crippen LogP contribution in [0.4, 0.5) is 14.5 Å². The number of benzene rings is 1. The van der Waals surface area contributed by atoms with Gasteiger partial charge in [0.05, 0.1) is 24.1 Å². The van der Waals surface area contributed by atoms with Crippen molar-refractivity contribution in [1.82, 2.24) is 9.97 Å². The molecule has 0 spiro atoms. The van der Waals surface area contributed by atoms with Crippen LogP contribution in [0.5, 0.6) is 5.75 Å². The van der Waals surface area contributed by atoms with E-state index >= 15 is 4.39 Å². The molecule has 1 aromatic carbocycles. The number of aliphatic carboxylic acids is 1. The van der Waals surface area contributed by atoms with Gasteiger partial charge in [-0.15, -0.1) is 0 Å². The van der Waals surface area contributed by atoms with Crippen LogP contribution in [0.25, 0.3) is 11.3 Å². The standard InChI is InChI=1S/C32H39F2N3O4/c1-20-26(29(30(38)39)41-31(2,3)4)28(37-14-12-32(5,6)13-15-37)24(19-35-20)27-25(34)17-23(18-36-27)40-16-11-21-7-9-22(33)10-8-21/h7-10,17-19,29H,11-16H2,1-6H3,(H,38,39)/t29-/m0/s1. The second kappa shape index (κ2) is 12.1. The van der Waals surface area contributed by atoms with Gasteiger partial charge in [-0.05, 0) is 63.6 Å². The second-order valence-electron chi connectivity index (χ2n) is 12.3. The maximum Gasteiger partial charge on any atom is 0.337 e. The van der Waals surface area contributed by atoms with Crippen molar-refractivity contribution in [2.45, 2.75) is 72.5 Å². The van der Waals surface area contributed by atoms with E-state index in [4.69, 9.17) is 9.47 Å². The lowest BCUT2D eigenvalue weighted by molar-refractivity contribution is -0.160. The van der Waals surface area contributed by atoms with E-state index in [1.54, 1.807) is 46.0 Å². The van der Waals surface area contributed by atoms with Crippen molar-refractivity contribution in [1.29, 1.82) is 0 Å². The molecule has 41 heavy (non-hydrogen) atoms.